The number of halogens is 4. The van der Waals surface area contributed by atoms with Crippen LogP contribution in [-0.4, -0.2) is 43.9 Å². The number of nitrogens with zero attached hydrogens (tertiary/aromatic N) is 1. The zero-order chi connectivity index (χ0) is 38.2. The molecule has 2 aliphatic heterocycles. The lowest BCUT2D eigenvalue weighted by molar-refractivity contribution is 0.100. The van der Waals surface area contributed by atoms with Crippen molar-refractivity contribution < 1.29 is 23.9 Å². The van der Waals surface area contributed by atoms with Crippen LogP contribution in [0.4, 0.5) is 11.4 Å². The molecule has 10 nitrogen and oxygen atoms in total. The Labute approximate surface area is 328 Å². The zero-order valence-corrected chi connectivity index (χ0v) is 32.3. The number of ketones is 1. The summed E-state index contributed by atoms with van der Waals surface area (Å²) < 4.78 is 10.8. The van der Waals surface area contributed by atoms with Crippen LogP contribution in [0.25, 0.3) is 0 Å². The van der Waals surface area contributed by atoms with Crippen LogP contribution in [0, 0.1) is 11.3 Å². The largest absolute Gasteiger partial charge is 0.493 e. The first-order chi connectivity index (χ1) is 25.5. The van der Waals surface area contributed by atoms with Crippen LogP contribution in [0.3, 0.4) is 0 Å². The molecular formula is C39H37Cl4N5O5. The van der Waals surface area contributed by atoms with Gasteiger partial charge in [0, 0.05) is 34.3 Å². The van der Waals surface area contributed by atoms with Gasteiger partial charge in [0.2, 0.25) is 0 Å². The third-order valence-electron chi connectivity index (χ3n) is 8.64. The topological polar surface area (TPSA) is 142 Å². The number of ether oxygens (including phenoxy) is 2. The number of benzene rings is 4. The van der Waals surface area contributed by atoms with Gasteiger partial charge in [-0.05, 0) is 117 Å². The van der Waals surface area contributed by atoms with E-state index in [1.807, 2.05) is 19.9 Å². The number of nitriles is 1. The summed E-state index contributed by atoms with van der Waals surface area (Å²) in [5.74, 6) is -0.00235. The third-order valence-corrected chi connectivity index (χ3v) is 10.2. The number of amides is 2. The molecule has 2 heterocycles. The summed E-state index contributed by atoms with van der Waals surface area (Å²) in [4.78, 5) is 37.2. The van der Waals surface area contributed by atoms with Gasteiger partial charge in [-0.15, -0.1) is 0 Å². The first-order valence-electron chi connectivity index (χ1n) is 17.0. The molecule has 0 unspecified atom stereocenters. The van der Waals surface area contributed by atoms with Gasteiger partial charge in [-0.2, -0.15) is 5.26 Å². The maximum atomic E-state index is 12.7. The number of Topliss-reactive ketones (excluding diaryl/α,β-unsaturated/α-hetero) is 1. The number of anilines is 2. The van der Waals surface area contributed by atoms with Gasteiger partial charge in [0.25, 0.3) is 11.8 Å². The van der Waals surface area contributed by atoms with E-state index in [1.165, 1.54) is 19.1 Å². The molecule has 2 amide bonds. The van der Waals surface area contributed by atoms with Gasteiger partial charge in [-0.1, -0.05) is 46.4 Å². The number of hydrogen-bond donors (Lipinski definition) is 4. The van der Waals surface area contributed by atoms with E-state index < -0.39 is 0 Å². The van der Waals surface area contributed by atoms with Gasteiger partial charge in [0.1, 0.15) is 17.6 Å². The maximum Gasteiger partial charge on any atom is 0.255 e. The highest BCUT2D eigenvalue weighted by Crippen LogP contribution is 2.37. The van der Waals surface area contributed by atoms with Crippen molar-refractivity contribution in [3.63, 3.8) is 0 Å². The number of carbonyl (C=O) groups excluding carboxylic acids is 3. The minimum absolute atomic E-state index is 0.172. The van der Waals surface area contributed by atoms with Crippen molar-refractivity contribution in [1.29, 1.82) is 5.26 Å². The maximum absolute atomic E-state index is 12.7. The van der Waals surface area contributed by atoms with Crippen LogP contribution in [0.1, 0.15) is 79.7 Å². The number of carbonyl (C=O) groups is 3. The van der Waals surface area contributed by atoms with Crippen LogP contribution in [0.2, 0.25) is 20.1 Å². The van der Waals surface area contributed by atoms with Crippen molar-refractivity contribution in [2.45, 2.75) is 46.7 Å². The lowest BCUT2D eigenvalue weighted by Crippen LogP contribution is -2.25. The molecule has 14 heteroatoms. The Balaban J connectivity index is 0.000000204. The molecule has 276 valence electrons. The Kier molecular flexibility index (Phi) is 13.6. The van der Waals surface area contributed by atoms with E-state index in [0.717, 1.165) is 48.2 Å². The molecule has 0 bridgehead atoms. The third kappa shape index (κ3) is 9.25. The quantitative estimate of drug-likeness (QED) is 0.123. The lowest BCUT2D eigenvalue weighted by atomic mass is 10.00. The zero-order valence-electron chi connectivity index (χ0n) is 29.3. The second kappa shape index (κ2) is 18.1. The normalized spacial score (nSPS) is 12.9. The van der Waals surface area contributed by atoms with Crippen molar-refractivity contribution >= 4 is 75.4 Å². The monoisotopic (exact) mass is 795 g/mol. The fourth-order valence-corrected chi connectivity index (χ4v) is 7.23. The molecule has 0 atom stereocenters. The lowest BCUT2D eigenvalue weighted by Gasteiger charge is -2.22. The number of hydrogen-bond acceptors (Lipinski definition) is 8. The van der Waals surface area contributed by atoms with Crippen molar-refractivity contribution in [1.82, 2.24) is 10.6 Å². The Morgan fingerprint density at radius 3 is 1.66 bits per heavy atom. The Bertz CT molecular complexity index is 2120. The van der Waals surface area contributed by atoms with Crippen LogP contribution in [0.15, 0.2) is 48.5 Å². The fourth-order valence-electron chi connectivity index (χ4n) is 6.03. The summed E-state index contributed by atoms with van der Waals surface area (Å²) in [7, 11) is 0. The average molecular weight is 798 g/mol. The molecule has 53 heavy (non-hydrogen) atoms. The van der Waals surface area contributed by atoms with Gasteiger partial charge in [-0.25, -0.2) is 0 Å². The highest BCUT2D eigenvalue weighted by molar-refractivity contribution is 6.38. The van der Waals surface area contributed by atoms with Gasteiger partial charge < -0.3 is 30.7 Å². The molecule has 0 saturated heterocycles. The second-order valence-corrected chi connectivity index (χ2v) is 13.6. The molecule has 6 rings (SSSR count). The molecule has 2 aliphatic rings. The van der Waals surface area contributed by atoms with E-state index in [0.29, 0.717) is 91.5 Å². The SMILES string of the molecule is CCOc1ccc(C(=O)Nc2cc(Cl)c3c(c2Cl)CNCC3)cc1C#N.CCOc1ccc(C(=O)Nc2cc(Cl)c3c(c2Cl)CNCC3)cc1C(C)=O. The molecule has 0 fully saturated rings. The highest BCUT2D eigenvalue weighted by atomic mass is 35.5. The van der Waals surface area contributed by atoms with Gasteiger partial charge in [0.15, 0.2) is 5.78 Å². The molecule has 4 aromatic carbocycles. The smallest absolute Gasteiger partial charge is 0.255 e. The summed E-state index contributed by atoms with van der Waals surface area (Å²) in [6.45, 7) is 8.88. The molecule has 4 aromatic rings. The highest BCUT2D eigenvalue weighted by Gasteiger charge is 2.22. The number of fused-ring (bicyclic) bond motifs is 2. The van der Waals surface area contributed by atoms with E-state index in [2.05, 4.69) is 21.3 Å². The minimum Gasteiger partial charge on any atom is -0.493 e. The standard InChI is InChI=1S/C20H20Cl2N2O3.C19H17Cl2N3O2/c1-3-27-18-5-4-12(8-14(18)11(2)25)20(26)24-17-9-16(21)13-6-7-23-10-15(13)19(17)22;1-2-26-17-4-3-11(7-12(17)9-22)19(25)24-16-8-15(20)13-5-6-23-10-14(13)18(16)21/h4-5,8-9,23H,3,6-7,10H2,1-2H3,(H,24,26);3-4,7-8,23H,2,5-6,10H2,1H3,(H,24,25). The number of nitrogens with one attached hydrogen (secondary N) is 4. The molecule has 0 saturated carbocycles. The molecule has 0 aromatic heterocycles. The fraction of sp³-hybridized carbons (Fsp3) is 0.282. The Morgan fingerprint density at radius 2 is 1.19 bits per heavy atom. The van der Waals surface area contributed by atoms with Crippen LogP contribution < -0.4 is 30.7 Å². The van der Waals surface area contributed by atoms with E-state index in [1.54, 1.807) is 36.4 Å². The van der Waals surface area contributed by atoms with Crippen molar-refractivity contribution in [3.05, 3.63) is 113 Å². The second-order valence-electron chi connectivity index (χ2n) is 12.1. The summed E-state index contributed by atoms with van der Waals surface area (Å²) >= 11 is 25.7. The Morgan fingerprint density at radius 1 is 0.717 bits per heavy atom. The predicted molar refractivity (Wildman–Crippen MR) is 210 cm³/mol. The van der Waals surface area contributed by atoms with E-state index in [4.69, 9.17) is 55.9 Å². The van der Waals surface area contributed by atoms with Crippen LogP contribution in [0.5, 0.6) is 11.5 Å². The minimum atomic E-state index is -0.373. The van der Waals surface area contributed by atoms with E-state index in [-0.39, 0.29) is 17.6 Å². The van der Waals surface area contributed by atoms with Crippen LogP contribution in [-0.2, 0) is 25.9 Å². The summed E-state index contributed by atoms with van der Waals surface area (Å²) in [5.41, 5.74) is 6.09. The molecule has 0 aliphatic carbocycles. The molecule has 0 radical (unpaired) electrons. The average Bonchev–Trinajstić information content (AvgIpc) is 3.16. The van der Waals surface area contributed by atoms with Gasteiger partial charge >= 0.3 is 0 Å². The van der Waals surface area contributed by atoms with E-state index >= 15 is 0 Å². The Hall–Kier alpha value is -4.34. The number of rotatable bonds is 9. The van der Waals surface area contributed by atoms with Crippen molar-refractivity contribution in [2.24, 2.45) is 0 Å². The summed E-state index contributed by atoms with van der Waals surface area (Å²) in [5, 5.41) is 23.5. The summed E-state index contributed by atoms with van der Waals surface area (Å²) in [6, 6.07) is 14.9. The summed E-state index contributed by atoms with van der Waals surface area (Å²) in [6.07, 6.45) is 1.59. The van der Waals surface area contributed by atoms with Crippen molar-refractivity contribution in [3.8, 4) is 17.6 Å². The van der Waals surface area contributed by atoms with Crippen molar-refractivity contribution in [2.75, 3.05) is 36.9 Å². The van der Waals surface area contributed by atoms with E-state index in [9.17, 15) is 19.6 Å². The predicted octanol–water partition coefficient (Wildman–Crippen LogP) is 8.65. The molecular weight excluding hydrogens is 760 g/mol. The molecule has 0 spiro atoms. The van der Waals surface area contributed by atoms with Crippen LogP contribution >= 0.6 is 46.4 Å². The van der Waals surface area contributed by atoms with Gasteiger partial charge in [-0.3, -0.25) is 14.4 Å². The first-order valence-corrected chi connectivity index (χ1v) is 18.5. The van der Waals surface area contributed by atoms with Gasteiger partial charge in [0.05, 0.1) is 45.8 Å². The molecule has 4 N–H and O–H groups in total. The first kappa shape index (κ1) is 39.9.